The van der Waals surface area contributed by atoms with Crippen LogP contribution in [-0.2, 0) is 20.1 Å². The van der Waals surface area contributed by atoms with Crippen molar-refractivity contribution < 1.29 is 28.6 Å². The van der Waals surface area contributed by atoms with Gasteiger partial charge >= 0.3 is 0 Å². The minimum Gasteiger partial charge on any atom is -0.501 e. The normalized spacial score (nSPS) is 12.4. The van der Waals surface area contributed by atoms with Crippen LogP contribution in [0.2, 0.25) is 19.6 Å². The molecule has 0 aliphatic carbocycles. The molecule has 4 aromatic heterocycles. The zero-order chi connectivity index (χ0) is 51.2. The first-order valence-corrected chi connectivity index (χ1v) is 27.6. The summed E-state index contributed by atoms with van der Waals surface area (Å²) in [6.07, 6.45) is 3.86. The molecule has 0 atom stereocenters. The number of hydrogen-bond acceptors (Lipinski definition) is 4. The van der Waals surface area contributed by atoms with Gasteiger partial charge in [-0.05, 0) is 92.8 Å². The Labute approximate surface area is 437 Å². The van der Waals surface area contributed by atoms with Gasteiger partial charge in [-0.25, -0.2) is 4.98 Å². The fourth-order valence-corrected chi connectivity index (χ4v) is 10.2. The molecule has 7 heteroatoms. The quantitative estimate of drug-likeness (QED) is 0.107. The van der Waals surface area contributed by atoms with Crippen LogP contribution in [-0.4, -0.2) is 27.6 Å². The van der Waals surface area contributed by atoms with E-state index in [1.54, 1.807) is 12.1 Å². The Kier molecular flexibility index (Phi) is 12.9. The van der Waals surface area contributed by atoms with Gasteiger partial charge in [0.1, 0.15) is 5.58 Å². The number of pyridine rings is 2. The van der Waals surface area contributed by atoms with Gasteiger partial charge in [0.15, 0.2) is 5.65 Å². The minimum absolute atomic E-state index is 0. The molecular weight excluding hydrogens is 1060 g/mol. The summed E-state index contributed by atoms with van der Waals surface area (Å²) in [5, 5.41) is 3.41. The Hall–Kier alpha value is -7.02. The van der Waals surface area contributed by atoms with Gasteiger partial charge < -0.3 is 14.0 Å². The summed E-state index contributed by atoms with van der Waals surface area (Å²) in [6.45, 7) is 16.0. The van der Waals surface area contributed by atoms with E-state index in [1.165, 1.54) is 39.1 Å². The monoisotopic (exact) mass is 1120 g/mol. The molecule has 355 valence electrons. The molecule has 0 bridgehead atoms. The predicted molar refractivity (Wildman–Crippen MR) is 296 cm³/mol. The molecule has 0 saturated heterocycles. The number of aromatic nitrogens is 4. The Morgan fingerprint density at radius 1 is 0.606 bits per heavy atom. The molecule has 0 N–H and O–H groups in total. The van der Waals surface area contributed by atoms with E-state index < -0.39 is 14.9 Å². The van der Waals surface area contributed by atoms with E-state index in [1.807, 2.05) is 30.6 Å². The number of furan rings is 1. The third kappa shape index (κ3) is 10.0. The second-order valence-electron chi connectivity index (χ2n) is 19.8. The second kappa shape index (κ2) is 20.4. The van der Waals surface area contributed by atoms with Crippen molar-refractivity contribution in [2.24, 2.45) is 0 Å². The Balaban J connectivity index is 0.000000270. The molecule has 1 radical (unpaired) electrons. The van der Waals surface area contributed by atoms with Crippen LogP contribution in [0, 0.1) is 25.9 Å². The van der Waals surface area contributed by atoms with Gasteiger partial charge in [-0.3, -0.25) is 4.98 Å². The van der Waals surface area contributed by atoms with E-state index in [2.05, 4.69) is 203 Å². The molecule has 71 heavy (non-hydrogen) atoms. The first kappa shape index (κ1) is 45.1. The van der Waals surface area contributed by atoms with Crippen molar-refractivity contribution in [1.82, 2.24) is 19.5 Å². The van der Waals surface area contributed by atoms with Gasteiger partial charge in [0.2, 0.25) is 0 Å². The van der Waals surface area contributed by atoms with Crippen LogP contribution in [0.5, 0.6) is 0 Å². The number of fused-ring (bicyclic) bond motifs is 4. The maximum Gasteiger partial charge on any atom is 0.168 e. The van der Waals surface area contributed by atoms with Gasteiger partial charge in [-0.1, -0.05) is 180 Å². The van der Waals surface area contributed by atoms with Crippen LogP contribution in [0.4, 0.5) is 0 Å². The number of aryl methyl sites for hydroxylation is 2. The van der Waals surface area contributed by atoms with Crippen molar-refractivity contribution in [3.8, 4) is 61.7 Å². The van der Waals surface area contributed by atoms with Gasteiger partial charge in [-0.15, -0.1) is 53.6 Å². The molecule has 11 rings (SSSR count). The molecule has 0 amide bonds. The summed E-state index contributed by atoms with van der Waals surface area (Å²) in [5.74, 6) is 1.22. The SMILES string of the molecule is Cc1ccc(-c2ccc3c(c2)oc2c(-c4nc5ncc(-c6ccccc6)cc5n4-c4c(C(C)C)cc(-c5ccccc5)cc4C(C)C)[c-]ccc23)cc1.[2H]C([2H])([2H])c1c[c-]c(-c2ccc([Si](C)(C)C)cn2)cc1.[Ir]. The third-order valence-corrected chi connectivity index (χ3v) is 15.2. The van der Waals surface area contributed by atoms with Crippen molar-refractivity contribution in [3.63, 3.8) is 0 Å². The number of imidazole rings is 1. The van der Waals surface area contributed by atoms with Crippen LogP contribution in [0.1, 0.15) is 65.9 Å². The summed E-state index contributed by atoms with van der Waals surface area (Å²) in [5.41, 5.74) is 17.7. The maximum atomic E-state index is 7.35. The van der Waals surface area contributed by atoms with Crippen LogP contribution in [0.3, 0.4) is 0 Å². The number of nitrogens with zero attached hydrogens (tertiary/aromatic N) is 4. The van der Waals surface area contributed by atoms with E-state index in [-0.39, 0.29) is 31.9 Å². The topological polar surface area (TPSA) is 56.7 Å². The third-order valence-electron chi connectivity index (χ3n) is 13.1. The van der Waals surface area contributed by atoms with Gasteiger partial charge in [0.25, 0.3) is 0 Å². The molecule has 0 saturated carbocycles. The summed E-state index contributed by atoms with van der Waals surface area (Å²) in [7, 11) is -1.34. The van der Waals surface area contributed by atoms with Crippen LogP contribution < -0.4 is 5.19 Å². The molecule has 11 aromatic rings. The maximum absolute atomic E-state index is 7.35. The van der Waals surface area contributed by atoms with Crippen molar-refractivity contribution in [3.05, 3.63) is 211 Å². The molecule has 0 spiro atoms. The number of benzene rings is 7. The van der Waals surface area contributed by atoms with Crippen molar-refractivity contribution in [2.75, 3.05) is 0 Å². The first-order chi connectivity index (χ1) is 35.0. The van der Waals surface area contributed by atoms with E-state index in [4.69, 9.17) is 18.5 Å². The minimum atomic E-state index is -2.08. The summed E-state index contributed by atoms with van der Waals surface area (Å²) in [6, 6.07) is 62.9. The van der Waals surface area contributed by atoms with Crippen LogP contribution >= 0.6 is 0 Å². The van der Waals surface area contributed by atoms with Crippen molar-refractivity contribution in [1.29, 1.82) is 0 Å². The van der Waals surface area contributed by atoms with Crippen LogP contribution in [0.15, 0.2) is 181 Å². The number of rotatable bonds is 9. The zero-order valence-electron chi connectivity index (χ0n) is 44.4. The molecule has 0 aliphatic heterocycles. The van der Waals surface area contributed by atoms with Crippen molar-refractivity contribution in [2.45, 2.75) is 72.9 Å². The van der Waals surface area contributed by atoms with E-state index >= 15 is 0 Å². The molecule has 7 aromatic carbocycles. The van der Waals surface area contributed by atoms with E-state index in [0.29, 0.717) is 11.2 Å². The Bertz CT molecular complexity index is 3660. The Morgan fingerprint density at radius 2 is 1.25 bits per heavy atom. The zero-order valence-corrected chi connectivity index (χ0v) is 44.8. The largest absolute Gasteiger partial charge is 0.501 e. The number of hydrogen-bond donors (Lipinski definition) is 0. The molecular formula is C64H58IrN4OSi-2. The first-order valence-electron chi connectivity index (χ1n) is 25.6. The van der Waals surface area contributed by atoms with Gasteiger partial charge in [0.05, 0.1) is 25.0 Å². The average molecular weight is 1120 g/mol. The molecule has 5 nitrogen and oxygen atoms in total. The fraction of sp³-hybridized carbons (Fsp3) is 0.172. The standard InChI is InChI=1S/C49H40N3O.C15H18NSi.Ir/c1-30(2)42-25-37(33-13-8-6-9-14-33)26-43(31(3)4)46(42)52-44-27-38(34-15-10-7-11-16-34)29-50-48(44)51-49(52)41-18-12-17-40-39-24-23-36(28-45(39)53-47(40)41)35-21-19-32(5)20-22-35;1-12-5-7-13(8-6-12)15-10-9-14(11-16-15)17(2,3)4;/h6-17,19-31H,1-5H3;5-7,9-11H,1-4H3;/q2*-1;/i;1D3;. The van der Waals surface area contributed by atoms with Gasteiger partial charge in [-0.2, -0.15) is 0 Å². The summed E-state index contributed by atoms with van der Waals surface area (Å²) >= 11 is 0. The Morgan fingerprint density at radius 3 is 1.86 bits per heavy atom. The molecule has 0 aliphatic rings. The fourth-order valence-electron chi connectivity index (χ4n) is 9.17. The van der Waals surface area contributed by atoms with Crippen molar-refractivity contribution >= 4 is 46.4 Å². The molecule has 0 unspecified atom stereocenters. The predicted octanol–water partition coefficient (Wildman–Crippen LogP) is 16.7. The second-order valence-corrected chi connectivity index (χ2v) is 24.9. The van der Waals surface area contributed by atoms with Gasteiger partial charge in [0, 0.05) is 53.2 Å². The van der Waals surface area contributed by atoms with E-state index in [0.717, 1.165) is 78.0 Å². The smallest absolute Gasteiger partial charge is 0.168 e. The average Bonchev–Trinajstić information content (AvgIpc) is 3.98. The summed E-state index contributed by atoms with van der Waals surface area (Å²) < 4.78 is 31.2. The summed E-state index contributed by atoms with van der Waals surface area (Å²) in [4.78, 5) is 14.8. The molecule has 4 heterocycles. The van der Waals surface area contributed by atoms with E-state index in [9.17, 15) is 0 Å². The van der Waals surface area contributed by atoms with Crippen LogP contribution in [0.25, 0.3) is 94.8 Å². The molecule has 0 fully saturated rings.